The van der Waals surface area contributed by atoms with Crippen LogP contribution in [-0.4, -0.2) is 16.2 Å². The fourth-order valence-electron chi connectivity index (χ4n) is 2.07. The van der Waals surface area contributed by atoms with E-state index in [-0.39, 0.29) is 17.7 Å². The zero-order chi connectivity index (χ0) is 14.7. The molecule has 0 spiro atoms. The van der Waals surface area contributed by atoms with Crippen molar-refractivity contribution in [3.05, 3.63) is 65.2 Å². The Morgan fingerprint density at radius 2 is 1.75 bits per heavy atom. The van der Waals surface area contributed by atoms with Crippen LogP contribution in [0.1, 0.15) is 23.5 Å². The molecule has 104 valence electrons. The number of carboxylic acid groups (broad SMARTS) is 1. The van der Waals surface area contributed by atoms with E-state index in [2.05, 4.69) is 0 Å². The molecule has 0 aliphatic heterocycles. The summed E-state index contributed by atoms with van der Waals surface area (Å²) in [6, 6.07) is 8.69. The van der Waals surface area contributed by atoms with E-state index in [1.165, 1.54) is 24.3 Å². The van der Waals surface area contributed by atoms with Crippen LogP contribution < -0.4 is 0 Å². The summed E-state index contributed by atoms with van der Waals surface area (Å²) in [5.41, 5.74) is 0.479. The lowest BCUT2D eigenvalue weighted by Crippen LogP contribution is -2.10. The van der Waals surface area contributed by atoms with Gasteiger partial charge in [0.15, 0.2) is 0 Å². The number of rotatable bonds is 4. The van der Waals surface area contributed by atoms with E-state index >= 15 is 0 Å². The first-order chi connectivity index (χ1) is 9.47. The summed E-state index contributed by atoms with van der Waals surface area (Å²) in [6.45, 7) is 0. The Balaban J connectivity index is 2.49. The summed E-state index contributed by atoms with van der Waals surface area (Å²) in [4.78, 5) is 11.0. The smallest absolute Gasteiger partial charge is 0.304 e. The van der Waals surface area contributed by atoms with Gasteiger partial charge in [0.05, 0.1) is 6.42 Å². The third kappa shape index (κ3) is 3.12. The van der Waals surface area contributed by atoms with E-state index in [1.807, 2.05) is 0 Å². The van der Waals surface area contributed by atoms with E-state index in [0.717, 1.165) is 18.2 Å². The van der Waals surface area contributed by atoms with Gasteiger partial charge in [0.2, 0.25) is 0 Å². The van der Waals surface area contributed by atoms with E-state index in [0.29, 0.717) is 5.56 Å². The van der Waals surface area contributed by atoms with Crippen molar-refractivity contribution in [3.63, 3.8) is 0 Å². The minimum atomic E-state index is -1.12. The van der Waals surface area contributed by atoms with Crippen LogP contribution in [-0.2, 0) is 4.79 Å². The predicted octanol–water partition coefficient (Wildman–Crippen LogP) is 3.28. The van der Waals surface area contributed by atoms with Crippen LogP contribution in [0, 0.1) is 11.6 Å². The topological polar surface area (TPSA) is 57.5 Å². The normalized spacial score (nSPS) is 12.1. The van der Waals surface area contributed by atoms with Gasteiger partial charge in [-0.2, -0.15) is 0 Å². The molecule has 0 aromatic heterocycles. The Morgan fingerprint density at radius 3 is 2.35 bits per heavy atom. The van der Waals surface area contributed by atoms with Crippen molar-refractivity contribution in [1.29, 1.82) is 0 Å². The molecule has 0 radical (unpaired) electrons. The first kappa shape index (κ1) is 14.0. The van der Waals surface area contributed by atoms with Crippen molar-refractivity contribution < 1.29 is 23.8 Å². The van der Waals surface area contributed by atoms with Crippen LogP contribution in [0.3, 0.4) is 0 Å². The third-order valence-electron chi connectivity index (χ3n) is 3.01. The number of phenolic OH excluding ortho intramolecular Hbond substituents is 1. The number of benzene rings is 2. The number of aromatic hydroxyl groups is 1. The maximum Gasteiger partial charge on any atom is 0.304 e. The molecule has 0 heterocycles. The molecule has 3 nitrogen and oxygen atoms in total. The van der Waals surface area contributed by atoms with Crippen LogP contribution >= 0.6 is 0 Å². The first-order valence-electron chi connectivity index (χ1n) is 5.93. The molecular weight excluding hydrogens is 266 g/mol. The second kappa shape index (κ2) is 5.69. The number of aliphatic carboxylic acids is 1. The second-order valence-corrected chi connectivity index (χ2v) is 4.41. The van der Waals surface area contributed by atoms with Gasteiger partial charge in [-0.05, 0) is 41.5 Å². The van der Waals surface area contributed by atoms with Crippen LogP contribution in [0.4, 0.5) is 8.78 Å². The molecule has 0 saturated heterocycles. The van der Waals surface area contributed by atoms with Gasteiger partial charge in [0.25, 0.3) is 0 Å². The van der Waals surface area contributed by atoms with Gasteiger partial charge >= 0.3 is 5.97 Å². The number of phenols is 1. The van der Waals surface area contributed by atoms with Crippen molar-refractivity contribution in [2.45, 2.75) is 12.3 Å². The largest absolute Gasteiger partial charge is 0.508 e. The molecule has 2 aromatic rings. The molecule has 2 rings (SSSR count). The first-order valence-corrected chi connectivity index (χ1v) is 5.93. The molecule has 5 heteroatoms. The summed E-state index contributed by atoms with van der Waals surface area (Å²) in [6.07, 6.45) is -0.370. The van der Waals surface area contributed by atoms with Gasteiger partial charge in [-0.15, -0.1) is 0 Å². The molecular formula is C15H12F2O3. The van der Waals surface area contributed by atoms with Crippen LogP contribution in [0.25, 0.3) is 0 Å². The van der Waals surface area contributed by atoms with Crippen LogP contribution in [0.15, 0.2) is 42.5 Å². The maximum absolute atomic E-state index is 13.8. The molecule has 0 bridgehead atoms. The highest BCUT2D eigenvalue weighted by Crippen LogP contribution is 2.31. The average Bonchev–Trinajstić information content (AvgIpc) is 2.40. The molecule has 0 aliphatic rings. The highest BCUT2D eigenvalue weighted by molar-refractivity contribution is 5.69. The van der Waals surface area contributed by atoms with E-state index in [9.17, 15) is 18.7 Å². The summed E-state index contributed by atoms with van der Waals surface area (Å²) < 4.78 is 27.1. The Labute approximate surface area is 114 Å². The third-order valence-corrected chi connectivity index (χ3v) is 3.01. The van der Waals surface area contributed by atoms with Crippen molar-refractivity contribution in [3.8, 4) is 5.75 Å². The lowest BCUT2D eigenvalue weighted by Gasteiger charge is -2.17. The zero-order valence-corrected chi connectivity index (χ0v) is 10.4. The monoisotopic (exact) mass is 278 g/mol. The minimum Gasteiger partial charge on any atom is -0.508 e. The minimum absolute atomic E-state index is 0.0157. The van der Waals surface area contributed by atoms with E-state index in [1.54, 1.807) is 0 Å². The van der Waals surface area contributed by atoms with Gasteiger partial charge in [0.1, 0.15) is 17.4 Å². The number of carboxylic acids is 1. The summed E-state index contributed by atoms with van der Waals surface area (Å²) in [5, 5.41) is 18.2. The van der Waals surface area contributed by atoms with Crippen molar-refractivity contribution in [2.75, 3.05) is 0 Å². The van der Waals surface area contributed by atoms with Gasteiger partial charge in [-0.1, -0.05) is 12.1 Å². The Morgan fingerprint density at radius 1 is 1.10 bits per heavy atom. The zero-order valence-electron chi connectivity index (χ0n) is 10.4. The summed E-state index contributed by atoms with van der Waals surface area (Å²) in [5.74, 6) is -3.21. The van der Waals surface area contributed by atoms with Crippen molar-refractivity contribution >= 4 is 5.97 Å². The highest BCUT2D eigenvalue weighted by Gasteiger charge is 2.21. The molecule has 0 fully saturated rings. The predicted molar refractivity (Wildman–Crippen MR) is 68.6 cm³/mol. The number of carbonyl (C=O) groups is 1. The molecule has 0 aliphatic carbocycles. The van der Waals surface area contributed by atoms with Crippen LogP contribution in [0.5, 0.6) is 5.75 Å². The quantitative estimate of drug-likeness (QED) is 0.902. The standard InChI is InChI=1S/C15H12F2O3/c16-10-3-6-14(17)13(7-10)12(8-15(19)20)9-1-4-11(18)5-2-9/h1-7,12,18H,8H2,(H,19,20). The lowest BCUT2D eigenvalue weighted by atomic mass is 9.88. The molecule has 0 saturated carbocycles. The summed E-state index contributed by atoms with van der Waals surface area (Å²) in [7, 11) is 0. The number of halogens is 2. The maximum atomic E-state index is 13.8. The van der Waals surface area contributed by atoms with Crippen LogP contribution in [0.2, 0.25) is 0 Å². The molecule has 20 heavy (non-hydrogen) atoms. The fourth-order valence-corrected chi connectivity index (χ4v) is 2.07. The highest BCUT2D eigenvalue weighted by atomic mass is 19.1. The number of hydrogen-bond acceptors (Lipinski definition) is 2. The molecule has 2 N–H and O–H groups in total. The van der Waals surface area contributed by atoms with E-state index in [4.69, 9.17) is 5.11 Å². The molecule has 1 unspecified atom stereocenters. The molecule has 0 amide bonds. The van der Waals surface area contributed by atoms with Crippen molar-refractivity contribution in [2.24, 2.45) is 0 Å². The van der Waals surface area contributed by atoms with Gasteiger partial charge < -0.3 is 10.2 Å². The fraction of sp³-hybridized carbons (Fsp3) is 0.133. The Kier molecular flexibility index (Phi) is 3.98. The Bertz CT molecular complexity index is 624. The van der Waals surface area contributed by atoms with Gasteiger partial charge in [0, 0.05) is 5.92 Å². The van der Waals surface area contributed by atoms with Gasteiger partial charge in [-0.3, -0.25) is 4.79 Å². The lowest BCUT2D eigenvalue weighted by molar-refractivity contribution is -0.137. The number of hydrogen-bond donors (Lipinski definition) is 2. The SMILES string of the molecule is O=C(O)CC(c1ccc(O)cc1)c1cc(F)ccc1F. The average molecular weight is 278 g/mol. The second-order valence-electron chi connectivity index (χ2n) is 4.41. The van der Waals surface area contributed by atoms with E-state index < -0.39 is 23.5 Å². The van der Waals surface area contributed by atoms with Crippen molar-refractivity contribution in [1.82, 2.24) is 0 Å². The Hall–Kier alpha value is -2.43. The molecule has 1 atom stereocenters. The summed E-state index contributed by atoms with van der Waals surface area (Å²) >= 11 is 0. The molecule has 2 aromatic carbocycles. The van der Waals surface area contributed by atoms with Gasteiger partial charge in [-0.25, -0.2) is 8.78 Å².